The molecule has 0 unspecified atom stereocenters. The lowest BCUT2D eigenvalue weighted by atomic mass is 9.60. The zero-order valence-electron chi connectivity index (χ0n) is 25.2. The van der Waals surface area contributed by atoms with Gasteiger partial charge in [0.2, 0.25) is 5.95 Å². The Labute approximate surface area is 249 Å². The molecule has 3 aromatic rings. The molecule has 0 radical (unpaired) electrons. The van der Waals surface area contributed by atoms with Gasteiger partial charge in [0.25, 0.3) is 0 Å². The quantitative estimate of drug-likeness (QED) is 0.275. The number of aryl methyl sites for hydroxylation is 1. The third-order valence-corrected chi connectivity index (χ3v) is 10.9. The summed E-state index contributed by atoms with van der Waals surface area (Å²) in [6, 6.07) is 10.9. The molecule has 0 atom stereocenters. The summed E-state index contributed by atoms with van der Waals surface area (Å²) in [7, 11) is 3.50. The second-order valence-corrected chi connectivity index (χ2v) is 15.8. The minimum Gasteiger partial charge on any atom is -0.494 e. The van der Waals surface area contributed by atoms with E-state index in [9.17, 15) is 4.57 Å². The number of hydrogen-bond donors (Lipinski definition) is 2. The van der Waals surface area contributed by atoms with E-state index in [0.717, 1.165) is 58.4 Å². The summed E-state index contributed by atoms with van der Waals surface area (Å²) in [4.78, 5) is 13.9. The summed E-state index contributed by atoms with van der Waals surface area (Å²) < 4.78 is 18.9. The predicted molar refractivity (Wildman–Crippen MR) is 172 cm³/mol. The zero-order chi connectivity index (χ0) is 29.5. The number of anilines is 5. The molecular formula is C31H42ClN6O2P. The number of aromatic nitrogens is 2. The van der Waals surface area contributed by atoms with Crippen LogP contribution in [0.5, 0.6) is 5.75 Å². The second-order valence-electron chi connectivity index (χ2n) is 12.3. The fourth-order valence-electron chi connectivity index (χ4n) is 6.29. The molecule has 41 heavy (non-hydrogen) atoms. The minimum atomic E-state index is -2.57. The Balaban J connectivity index is 1.31. The first-order valence-electron chi connectivity index (χ1n) is 14.2. The van der Waals surface area contributed by atoms with Crippen molar-refractivity contribution in [2.75, 3.05) is 63.2 Å². The van der Waals surface area contributed by atoms with Crippen LogP contribution in [0.2, 0.25) is 5.02 Å². The lowest BCUT2D eigenvalue weighted by Gasteiger charge is -2.54. The molecule has 220 valence electrons. The van der Waals surface area contributed by atoms with Crippen LogP contribution in [0.3, 0.4) is 0 Å². The van der Waals surface area contributed by atoms with E-state index < -0.39 is 7.14 Å². The number of halogens is 1. The molecule has 1 aliphatic heterocycles. The van der Waals surface area contributed by atoms with Gasteiger partial charge in [0.15, 0.2) is 5.82 Å². The summed E-state index contributed by atoms with van der Waals surface area (Å²) in [6.45, 7) is 9.70. The van der Waals surface area contributed by atoms with E-state index in [2.05, 4.69) is 56.6 Å². The van der Waals surface area contributed by atoms with Crippen LogP contribution in [0.15, 0.2) is 36.5 Å². The normalized spacial score (nSPS) is 17.0. The summed E-state index contributed by atoms with van der Waals surface area (Å²) in [5.41, 5.74) is 5.28. The number of nitrogens with zero attached hydrogens (tertiary/aromatic N) is 4. The van der Waals surface area contributed by atoms with Gasteiger partial charge in [0, 0.05) is 36.2 Å². The fraction of sp³-hybridized carbons (Fsp3) is 0.484. The number of rotatable bonds is 8. The molecule has 1 saturated heterocycles. The van der Waals surface area contributed by atoms with Gasteiger partial charge < -0.3 is 29.7 Å². The van der Waals surface area contributed by atoms with E-state index in [4.69, 9.17) is 16.3 Å². The maximum atomic E-state index is 13.2. The molecule has 8 nitrogen and oxygen atoms in total. The number of piperidine rings is 1. The van der Waals surface area contributed by atoms with Gasteiger partial charge in [-0.1, -0.05) is 17.7 Å². The van der Waals surface area contributed by atoms with Gasteiger partial charge in [-0.2, -0.15) is 4.98 Å². The molecule has 2 heterocycles. The van der Waals surface area contributed by atoms with E-state index in [0.29, 0.717) is 22.2 Å². The van der Waals surface area contributed by atoms with E-state index in [1.807, 2.05) is 32.0 Å². The lowest BCUT2D eigenvalue weighted by molar-refractivity contribution is 0.00490. The first kappa shape index (κ1) is 29.7. The first-order chi connectivity index (χ1) is 19.4. The first-order valence-corrected chi connectivity index (χ1v) is 17.2. The van der Waals surface area contributed by atoms with Crippen LogP contribution < -0.4 is 25.6 Å². The summed E-state index contributed by atoms with van der Waals surface area (Å²) in [5, 5.41) is 7.78. The van der Waals surface area contributed by atoms with E-state index in [-0.39, 0.29) is 0 Å². The minimum absolute atomic E-state index is 0.371. The van der Waals surface area contributed by atoms with Crippen molar-refractivity contribution in [3.63, 3.8) is 0 Å². The van der Waals surface area contributed by atoms with E-state index in [1.54, 1.807) is 26.6 Å². The maximum absolute atomic E-state index is 13.2. The van der Waals surface area contributed by atoms with Crippen molar-refractivity contribution >= 4 is 52.9 Å². The highest BCUT2D eigenvalue weighted by Gasteiger charge is 2.46. The Hall–Kier alpha value is -2.80. The predicted octanol–water partition coefficient (Wildman–Crippen LogP) is 6.80. The highest BCUT2D eigenvalue weighted by atomic mass is 35.5. The average molecular weight is 597 g/mol. The smallest absolute Gasteiger partial charge is 0.229 e. The van der Waals surface area contributed by atoms with Crippen molar-refractivity contribution < 1.29 is 9.30 Å². The number of benzene rings is 2. The molecule has 0 bridgehead atoms. The monoisotopic (exact) mass is 596 g/mol. The van der Waals surface area contributed by atoms with Crippen molar-refractivity contribution in [3.05, 3.63) is 52.7 Å². The molecule has 2 N–H and O–H groups in total. The van der Waals surface area contributed by atoms with Gasteiger partial charge in [-0.15, -0.1) is 0 Å². The van der Waals surface area contributed by atoms with Crippen LogP contribution in [0.1, 0.15) is 36.8 Å². The van der Waals surface area contributed by atoms with Crippen molar-refractivity contribution in [2.24, 2.45) is 5.41 Å². The molecule has 1 spiro atoms. The Bertz CT molecular complexity index is 1470. The highest BCUT2D eigenvalue weighted by Crippen LogP contribution is 2.51. The Morgan fingerprint density at radius 2 is 1.76 bits per heavy atom. The number of hydrogen-bond acceptors (Lipinski definition) is 8. The third kappa shape index (κ3) is 6.20. The molecule has 1 aliphatic carbocycles. The SMILES string of the molecule is COc1cc(N2CCC3(CC2)CC(N(C)C)C3)ccc1Nc1ncc(Cl)c(Nc2ccc(C)c(C)c2P(C)(C)=O)n1. The molecule has 0 amide bonds. The highest BCUT2D eigenvalue weighted by molar-refractivity contribution is 7.70. The fourth-order valence-corrected chi connectivity index (χ4v) is 8.12. The molecule has 1 saturated carbocycles. The average Bonchev–Trinajstić information content (AvgIpc) is 2.90. The Morgan fingerprint density at radius 3 is 2.39 bits per heavy atom. The molecule has 5 rings (SSSR count). The lowest BCUT2D eigenvalue weighted by Crippen LogP contribution is -2.53. The topological polar surface area (TPSA) is 82.6 Å². The van der Waals surface area contributed by atoms with E-state index >= 15 is 0 Å². The van der Waals surface area contributed by atoms with E-state index in [1.165, 1.54) is 25.7 Å². The van der Waals surface area contributed by atoms with Gasteiger partial charge in [0.05, 0.1) is 24.7 Å². The largest absolute Gasteiger partial charge is 0.494 e. The Kier molecular flexibility index (Phi) is 8.30. The van der Waals surface area contributed by atoms with Crippen LogP contribution in [-0.4, -0.2) is 68.5 Å². The van der Waals surface area contributed by atoms with Crippen LogP contribution in [-0.2, 0) is 4.57 Å². The third-order valence-electron chi connectivity index (χ3n) is 8.93. The molecule has 2 aromatic carbocycles. The van der Waals surface area contributed by atoms with Crippen LogP contribution >= 0.6 is 18.7 Å². The maximum Gasteiger partial charge on any atom is 0.229 e. The molecule has 2 aliphatic rings. The molecule has 2 fully saturated rings. The number of methoxy groups -OCH3 is 1. The Morgan fingerprint density at radius 1 is 1.07 bits per heavy atom. The van der Waals surface area contributed by atoms with Gasteiger partial charge >= 0.3 is 0 Å². The molecule has 10 heteroatoms. The molecular weight excluding hydrogens is 555 g/mol. The molecule has 1 aromatic heterocycles. The van der Waals surface area contributed by atoms with Gasteiger partial charge in [-0.05, 0) is 102 Å². The summed E-state index contributed by atoms with van der Waals surface area (Å²) in [5.74, 6) is 1.54. The van der Waals surface area contributed by atoms with Gasteiger partial charge in [-0.25, -0.2) is 4.98 Å². The van der Waals surface area contributed by atoms with Crippen LogP contribution in [0, 0.1) is 19.3 Å². The van der Waals surface area contributed by atoms with Crippen molar-refractivity contribution in [1.82, 2.24) is 14.9 Å². The zero-order valence-corrected chi connectivity index (χ0v) is 26.9. The van der Waals surface area contributed by atoms with Gasteiger partial charge in [0.1, 0.15) is 17.9 Å². The van der Waals surface area contributed by atoms with Crippen LogP contribution in [0.4, 0.5) is 28.8 Å². The number of nitrogens with one attached hydrogen (secondary N) is 2. The number of ether oxygens (including phenoxy) is 1. The second kappa shape index (κ2) is 11.5. The van der Waals surface area contributed by atoms with Crippen molar-refractivity contribution in [1.29, 1.82) is 0 Å². The van der Waals surface area contributed by atoms with Crippen molar-refractivity contribution in [3.8, 4) is 5.75 Å². The standard InChI is InChI=1S/C31H42ClN6O2P/c1-20-8-10-26(28(21(20)2)41(6,7)39)34-29-24(32)19-33-30(36-29)35-25-11-9-22(16-27(25)40-5)38-14-12-31(13-15-38)17-23(18-31)37(3)4/h8-11,16,19,23H,12-15,17-18H2,1-7H3,(H2,33,34,35,36). The summed E-state index contributed by atoms with van der Waals surface area (Å²) in [6.07, 6.45) is 6.67. The van der Waals surface area contributed by atoms with Crippen LogP contribution in [0.25, 0.3) is 0 Å². The van der Waals surface area contributed by atoms with Gasteiger partial charge in [-0.3, -0.25) is 0 Å². The summed E-state index contributed by atoms with van der Waals surface area (Å²) >= 11 is 6.49. The van der Waals surface area contributed by atoms with Crippen molar-refractivity contribution in [2.45, 2.75) is 45.6 Å².